The van der Waals surface area contributed by atoms with Crippen LogP contribution in [-0.2, 0) is 4.74 Å². The summed E-state index contributed by atoms with van der Waals surface area (Å²) in [5.41, 5.74) is -7.27. The van der Waals surface area contributed by atoms with Crippen LogP contribution in [0.2, 0.25) is 0 Å². The quantitative estimate of drug-likeness (QED) is 0.543. The summed E-state index contributed by atoms with van der Waals surface area (Å²) in [6.07, 6.45) is -25.6. The molecule has 0 aliphatic carbocycles. The number of halogens is 13. The summed E-state index contributed by atoms with van der Waals surface area (Å²) in [5, 5.41) is 0. The van der Waals surface area contributed by atoms with E-state index in [1.807, 2.05) is 0 Å². The molecule has 0 N–H and O–H groups in total. The monoisotopic (exact) mass is 392 g/mol. The Bertz CT molecular complexity index is 406. The van der Waals surface area contributed by atoms with Crippen molar-refractivity contribution in [1.82, 2.24) is 0 Å². The van der Waals surface area contributed by atoms with Gasteiger partial charge in [0.15, 0.2) is 0 Å². The van der Waals surface area contributed by atoms with Gasteiger partial charge in [0.2, 0.25) is 0 Å². The summed E-state index contributed by atoms with van der Waals surface area (Å²) in [4.78, 5) is 0. The highest BCUT2D eigenvalue weighted by molar-refractivity contribution is 5.11. The Balaban J connectivity index is 6.29. The molecule has 1 nitrogen and oxygen atoms in total. The van der Waals surface area contributed by atoms with Crippen LogP contribution in [0.1, 0.15) is 19.8 Å². The van der Waals surface area contributed by atoms with Gasteiger partial charge in [-0.1, -0.05) is 0 Å². The lowest BCUT2D eigenvalue weighted by Crippen LogP contribution is -2.73. The lowest BCUT2D eigenvalue weighted by molar-refractivity contribution is -0.452. The molecule has 1 atom stereocenters. The molecule has 0 bridgehead atoms. The van der Waals surface area contributed by atoms with Gasteiger partial charge in [-0.05, 0) is 6.92 Å². The summed E-state index contributed by atoms with van der Waals surface area (Å²) in [5.74, 6) is -12.6. The minimum atomic E-state index is -7.29. The van der Waals surface area contributed by atoms with Crippen LogP contribution in [0.15, 0.2) is 0 Å². The number of alkyl halides is 13. The number of rotatable bonds is 6. The Morgan fingerprint density at radius 2 is 1.00 bits per heavy atom. The topological polar surface area (TPSA) is 9.23 Å². The highest BCUT2D eigenvalue weighted by atomic mass is 19.4. The van der Waals surface area contributed by atoms with E-state index in [4.69, 9.17) is 0 Å². The predicted molar refractivity (Wildman–Crippen MR) is 51.7 cm³/mol. The van der Waals surface area contributed by atoms with Crippen molar-refractivity contribution >= 4 is 0 Å². The molecule has 0 rings (SSSR count). The predicted octanol–water partition coefficient (Wildman–Crippen LogP) is 5.50. The molecule has 0 aromatic rings. The van der Waals surface area contributed by atoms with E-state index < -0.39 is 55.4 Å². The van der Waals surface area contributed by atoms with Gasteiger partial charge in [0, 0.05) is 19.4 Å². The molecule has 0 aromatic carbocycles. The summed E-state index contributed by atoms with van der Waals surface area (Å²) >= 11 is 0. The third kappa shape index (κ3) is 3.99. The number of hydrogen-bond acceptors (Lipinski definition) is 1. The van der Waals surface area contributed by atoms with E-state index in [-0.39, 0.29) is 0 Å². The van der Waals surface area contributed by atoms with Crippen molar-refractivity contribution in [3.05, 3.63) is 0 Å². The molecule has 0 radical (unpaired) electrons. The highest BCUT2D eigenvalue weighted by Gasteiger charge is 2.89. The van der Waals surface area contributed by atoms with Crippen molar-refractivity contribution < 1.29 is 61.8 Å². The molecule has 1 unspecified atom stereocenters. The zero-order chi connectivity index (χ0) is 19.8. The maximum Gasteiger partial charge on any atom is 0.437 e. The van der Waals surface area contributed by atoms with Gasteiger partial charge >= 0.3 is 36.0 Å². The standard InChI is InChI=1S/C10H9F13O/c1-2-24-8(17,5(11,12)3-4-6(13,14)15)7(16,9(18,19)20)10(21,22)23/h2-4H2,1H3. The third-order valence-corrected chi connectivity index (χ3v) is 2.76. The van der Waals surface area contributed by atoms with Gasteiger partial charge in [0.1, 0.15) is 0 Å². The normalized spacial score (nSPS) is 17.8. The molecule has 0 saturated carbocycles. The molecule has 0 aliphatic heterocycles. The van der Waals surface area contributed by atoms with Gasteiger partial charge in [-0.3, -0.25) is 0 Å². The Kier molecular flexibility index (Phi) is 6.15. The smallest absolute Gasteiger partial charge is 0.338 e. The van der Waals surface area contributed by atoms with E-state index >= 15 is 0 Å². The van der Waals surface area contributed by atoms with E-state index in [1.54, 1.807) is 0 Å². The van der Waals surface area contributed by atoms with Gasteiger partial charge in [0.05, 0.1) is 0 Å². The zero-order valence-electron chi connectivity index (χ0n) is 11.4. The van der Waals surface area contributed by atoms with Crippen molar-refractivity contribution in [2.45, 2.75) is 55.7 Å². The first-order valence-corrected chi connectivity index (χ1v) is 5.86. The third-order valence-electron chi connectivity index (χ3n) is 2.76. The number of ether oxygens (including phenoxy) is 1. The van der Waals surface area contributed by atoms with Crippen molar-refractivity contribution in [1.29, 1.82) is 0 Å². The fourth-order valence-corrected chi connectivity index (χ4v) is 1.64. The molecule has 0 aromatic heterocycles. The molecule has 24 heavy (non-hydrogen) atoms. The van der Waals surface area contributed by atoms with Gasteiger partial charge in [-0.25, -0.2) is 17.6 Å². The molecular formula is C10H9F13O. The Hall–Kier alpha value is -0.950. The molecule has 0 amide bonds. The number of hydrogen-bond donors (Lipinski definition) is 0. The van der Waals surface area contributed by atoms with Gasteiger partial charge in [-0.15, -0.1) is 0 Å². The SMILES string of the molecule is CCOC(F)(C(F)(F)CCC(F)(F)F)C(F)(C(F)(F)F)C(F)(F)F. The average molecular weight is 392 g/mol. The molecule has 14 heteroatoms. The molecule has 146 valence electrons. The van der Waals surface area contributed by atoms with Crippen LogP contribution in [0, 0.1) is 0 Å². The lowest BCUT2D eigenvalue weighted by Gasteiger charge is -2.44. The average Bonchev–Trinajstić information content (AvgIpc) is 2.31. The summed E-state index contributed by atoms with van der Waals surface area (Å²) in [7, 11) is 0. The first kappa shape index (κ1) is 23.1. The van der Waals surface area contributed by atoms with Crippen LogP contribution in [0.25, 0.3) is 0 Å². The Labute approximate surface area is 125 Å². The van der Waals surface area contributed by atoms with Crippen LogP contribution in [0.3, 0.4) is 0 Å². The van der Waals surface area contributed by atoms with E-state index in [0.29, 0.717) is 6.92 Å². The van der Waals surface area contributed by atoms with E-state index in [2.05, 4.69) is 4.74 Å². The van der Waals surface area contributed by atoms with Crippen LogP contribution < -0.4 is 0 Å². The second-order valence-electron chi connectivity index (χ2n) is 4.50. The first-order chi connectivity index (χ1) is 10.3. The fraction of sp³-hybridized carbons (Fsp3) is 1.00. The summed E-state index contributed by atoms with van der Waals surface area (Å²) < 4.78 is 168. The molecule has 0 spiro atoms. The molecule has 0 saturated heterocycles. The second kappa shape index (κ2) is 6.41. The summed E-state index contributed by atoms with van der Waals surface area (Å²) in [6.45, 7) is -1.17. The minimum absolute atomic E-state index is 0.446. The van der Waals surface area contributed by atoms with Crippen molar-refractivity contribution in [2.75, 3.05) is 6.61 Å². The molecule has 0 fully saturated rings. The maximum absolute atomic E-state index is 14.0. The fourth-order valence-electron chi connectivity index (χ4n) is 1.64. The van der Waals surface area contributed by atoms with Crippen LogP contribution in [0.5, 0.6) is 0 Å². The van der Waals surface area contributed by atoms with E-state index in [0.717, 1.165) is 0 Å². The summed E-state index contributed by atoms with van der Waals surface area (Å²) in [6, 6.07) is 0. The van der Waals surface area contributed by atoms with Crippen molar-refractivity contribution in [3.63, 3.8) is 0 Å². The van der Waals surface area contributed by atoms with Crippen LogP contribution in [-0.4, -0.2) is 42.6 Å². The first-order valence-electron chi connectivity index (χ1n) is 5.86. The Morgan fingerprint density at radius 3 is 1.25 bits per heavy atom. The Morgan fingerprint density at radius 1 is 0.625 bits per heavy atom. The largest absolute Gasteiger partial charge is 0.437 e. The van der Waals surface area contributed by atoms with Crippen LogP contribution in [0.4, 0.5) is 57.1 Å². The molecule has 0 aliphatic rings. The van der Waals surface area contributed by atoms with Crippen molar-refractivity contribution in [3.8, 4) is 0 Å². The van der Waals surface area contributed by atoms with Crippen LogP contribution >= 0.6 is 0 Å². The second-order valence-corrected chi connectivity index (χ2v) is 4.50. The van der Waals surface area contributed by atoms with Gasteiger partial charge in [0.25, 0.3) is 0 Å². The zero-order valence-corrected chi connectivity index (χ0v) is 11.4. The molecule has 0 heterocycles. The van der Waals surface area contributed by atoms with E-state index in [9.17, 15) is 57.1 Å². The minimum Gasteiger partial charge on any atom is -0.338 e. The molecular weight excluding hydrogens is 383 g/mol. The van der Waals surface area contributed by atoms with E-state index in [1.165, 1.54) is 0 Å². The van der Waals surface area contributed by atoms with Gasteiger partial charge in [-0.2, -0.15) is 39.5 Å². The lowest BCUT2D eigenvalue weighted by atomic mass is 9.87. The highest BCUT2D eigenvalue weighted by Crippen LogP contribution is 2.59. The van der Waals surface area contributed by atoms with Gasteiger partial charge < -0.3 is 4.74 Å². The maximum atomic E-state index is 14.0. The van der Waals surface area contributed by atoms with Crippen molar-refractivity contribution in [2.24, 2.45) is 0 Å².